The van der Waals surface area contributed by atoms with E-state index in [1.54, 1.807) is 12.1 Å². The smallest absolute Gasteiger partial charge is 0.257 e. The monoisotopic (exact) mass is 394 g/mol. The average molecular weight is 395 g/mol. The Hall–Kier alpha value is -2.66. The van der Waals surface area contributed by atoms with Crippen LogP contribution in [0, 0.1) is 6.92 Å². The number of ether oxygens (including phenoxy) is 1. The van der Waals surface area contributed by atoms with Crippen LogP contribution in [0.4, 0.5) is 5.13 Å². The summed E-state index contributed by atoms with van der Waals surface area (Å²) in [5.41, 5.74) is 3.08. The number of amides is 1. The molecule has 3 rings (SSSR count). The number of carbonyl (C=O) groups excluding carboxylic acids is 1. The molecule has 0 radical (unpaired) electrons. The molecule has 0 saturated carbocycles. The molecule has 0 saturated heterocycles. The summed E-state index contributed by atoms with van der Waals surface area (Å²) in [6.07, 6.45) is 6.04. The summed E-state index contributed by atoms with van der Waals surface area (Å²) in [6, 6.07) is 15.7. The van der Waals surface area contributed by atoms with E-state index in [9.17, 15) is 4.79 Å². The van der Waals surface area contributed by atoms with Crippen LogP contribution in [-0.4, -0.2) is 17.5 Å². The van der Waals surface area contributed by atoms with Crippen LogP contribution in [0.2, 0.25) is 0 Å². The maximum absolute atomic E-state index is 12.5. The molecule has 1 aromatic heterocycles. The van der Waals surface area contributed by atoms with Crippen molar-refractivity contribution in [3.05, 3.63) is 76.3 Å². The zero-order chi connectivity index (χ0) is 19.8. The molecule has 0 fully saturated rings. The van der Waals surface area contributed by atoms with Gasteiger partial charge in [0.05, 0.1) is 6.61 Å². The van der Waals surface area contributed by atoms with Crippen LogP contribution in [0.25, 0.3) is 0 Å². The van der Waals surface area contributed by atoms with Crippen LogP contribution in [0.3, 0.4) is 0 Å². The van der Waals surface area contributed by atoms with Crippen LogP contribution in [-0.2, 0) is 6.42 Å². The number of unbranched alkanes of at least 4 members (excludes halogenated alkanes) is 2. The molecule has 28 heavy (non-hydrogen) atoms. The Kier molecular flexibility index (Phi) is 7.20. The first-order chi connectivity index (χ1) is 13.6. The van der Waals surface area contributed by atoms with Crippen molar-refractivity contribution in [1.29, 1.82) is 0 Å². The minimum absolute atomic E-state index is 0.158. The van der Waals surface area contributed by atoms with E-state index >= 15 is 0 Å². The molecule has 146 valence electrons. The summed E-state index contributed by atoms with van der Waals surface area (Å²) in [4.78, 5) is 17.9. The lowest BCUT2D eigenvalue weighted by atomic mass is 10.1. The molecule has 0 unspecified atom stereocenters. The van der Waals surface area contributed by atoms with Crippen molar-refractivity contribution in [2.45, 2.75) is 39.5 Å². The van der Waals surface area contributed by atoms with E-state index in [4.69, 9.17) is 4.74 Å². The van der Waals surface area contributed by atoms with Gasteiger partial charge in [-0.25, -0.2) is 4.98 Å². The first-order valence-electron chi connectivity index (χ1n) is 9.68. The van der Waals surface area contributed by atoms with Gasteiger partial charge in [-0.05, 0) is 43.2 Å². The van der Waals surface area contributed by atoms with Gasteiger partial charge in [0.1, 0.15) is 5.75 Å². The third-order valence-corrected chi connectivity index (χ3v) is 5.28. The number of aryl methyl sites for hydroxylation is 1. The highest BCUT2D eigenvalue weighted by Gasteiger charge is 2.10. The second-order valence-corrected chi connectivity index (χ2v) is 7.95. The fourth-order valence-corrected chi connectivity index (χ4v) is 3.73. The van der Waals surface area contributed by atoms with E-state index in [-0.39, 0.29) is 5.91 Å². The predicted octanol–water partition coefficient (Wildman–Crippen LogP) is 5.86. The van der Waals surface area contributed by atoms with Crippen molar-refractivity contribution in [2.24, 2.45) is 0 Å². The lowest BCUT2D eigenvalue weighted by molar-refractivity contribution is 0.102. The Balaban J connectivity index is 1.54. The topological polar surface area (TPSA) is 51.2 Å². The van der Waals surface area contributed by atoms with Gasteiger partial charge in [-0.1, -0.05) is 49.6 Å². The summed E-state index contributed by atoms with van der Waals surface area (Å²) in [7, 11) is 0. The number of aromatic nitrogens is 1. The second kappa shape index (κ2) is 10.0. The van der Waals surface area contributed by atoms with Crippen LogP contribution >= 0.6 is 11.3 Å². The molecule has 0 bridgehead atoms. The maximum atomic E-state index is 12.5. The van der Waals surface area contributed by atoms with Crippen LogP contribution in [0.1, 0.15) is 52.5 Å². The molecule has 5 heteroatoms. The number of thiazole rings is 1. The van der Waals surface area contributed by atoms with Crippen molar-refractivity contribution < 1.29 is 9.53 Å². The van der Waals surface area contributed by atoms with Gasteiger partial charge in [-0.3, -0.25) is 10.1 Å². The molecule has 0 spiro atoms. The average Bonchev–Trinajstić information content (AvgIpc) is 3.12. The number of hydrogen-bond acceptors (Lipinski definition) is 4. The zero-order valence-corrected chi connectivity index (χ0v) is 17.2. The lowest BCUT2D eigenvalue weighted by Gasteiger charge is -2.07. The standard InChI is InChI=1S/C23H26N2O2S/c1-3-4-5-13-27-20-11-9-19(10-12-20)22(26)25-23-24-16-21(28-23)15-18-8-6-7-17(2)14-18/h6-12,14,16H,3-5,13,15H2,1-2H3,(H,24,25,26). The normalized spacial score (nSPS) is 10.6. The van der Waals surface area contributed by atoms with Crippen molar-refractivity contribution in [3.8, 4) is 5.75 Å². The van der Waals surface area contributed by atoms with Gasteiger partial charge in [-0.2, -0.15) is 0 Å². The van der Waals surface area contributed by atoms with Gasteiger partial charge >= 0.3 is 0 Å². The molecule has 0 aliphatic carbocycles. The van der Waals surface area contributed by atoms with E-state index in [1.165, 1.54) is 35.3 Å². The van der Waals surface area contributed by atoms with Gasteiger partial charge in [-0.15, -0.1) is 11.3 Å². The molecule has 1 N–H and O–H groups in total. The number of nitrogens with one attached hydrogen (secondary N) is 1. The number of benzene rings is 2. The summed E-state index contributed by atoms with van der Waals surface area (Å²) in [5.74, 6) is 0.635. The molecule has 1 amide bonds. The van der Waals surface area contributed by atoms with Gasteiger partial charge < -0.3 is 4.74 Å². The van der Waals surface area contributed by atoms with Gasteiger partial charge in [0.25, 0.3) is 5.91 Å². The van der Waals surface area contributed by atoms with E-state index in [0.717, 1.165) is 23.5 Å². The largest absolute Gasteiger partial charge is 0.494 e. The molecule has 3 aromatic rings. The summed E-state index contributed by atoms with van der Waals surface area (Å²) < 4.78 is 5.69. The van der Waals surface area contributed by atoms with E-state index in [2.05, 4.69) is 48.4 Å². The molecule has 0 aliphatic rings. The molecule has 4 nitrogen and oxygen atoms in total. The SMILES string of the molecule is CCCCCOc1ccc(C(=O)Nc2ncc(Cc3cccc(C)c3)s2)cc1. The van der Waals surface area contributed by atoms with E-state index in [0.29, 0.717) is 17.3 Å². The number of nitrogens with zero attached hydrogens (tertiary/aromatic N) is 1. The van der Waals surface area contributed by atoms with Crippen molar-refractivity contribution in [2.75, 3.05) is 11.9 Å². The zero-order valence-electron chi connectivity index (χ0n) is 16.4. The number of hydrogen-bond donors (Lipinski definition) is 1. The Labute approximate surface area is 170 Å². The molecular formula is C23H26N2O2S. The highest BCUT2D eigenvalue weighted by Crippen LogP contribution is 2.22. The quantitative estimate of drug-likeness (QED) is 0.462. The fourth-order valence-electron chi connectivity index (χ4n) is 2.88. The molecule has 0 atom stereocenters. The fraction of sp³-hybridized carbons (Fsp3) is 0.304. The lowest BCUT2D eigenvalue weighted by Crippen LogP contribution is -2.11. The summed E-state index contributed by atoms with van der Waals surface area (Å²) >= 11 is 1.51. The maximum Gasteiger partial charge on any atom is 0.257 e. The number of carbonyl (C=O) groups is 1. The highest BCUT2D eigenvalue weighted by atomic mass is 32.1. The highest BCUT2D eigenvalue weighted by molar-refractivity contribution is 7.15. The molecule has 2 aromatic carbocycles. The van der Waals surface area contributed by atoms with Crippen LogP contribution in [0.5, 0.6) is 5.75 Å². The third-order valence-electron chi connectivity index (χ3n) is 4.37. The second-order valence-electron chi connectivity index (χ2n) is 6.83. The Bertz CT molecular complexity index is 903. The van der Waals surface area contributed by atoms with E-state index < -0.39 is 0 Å². The Morgan fingerprint density at radius 1 is 1.14 bits per heavy atom. The molecular weight excluding hydrogens is 368 g/mol. The minimum atomic E-state index is -0.158. The van der Waals surface area contributed by atoms with Crippen molar-refractivity contribution in [1.82, 2.24) is 4.98 Å². The van der Waals surface area contributed by atoms with Crippen molar-refractivity contribution >= 4 is 22.4 Å². The van der Waals surface area contributed by atoms with Crippen LogP contribution in [0.15, 0.2) is 54.7 Å². The molecule has 0 aliphatic heterocycles. The minimum Gasteiger partial charge on any atom is -0.494 e. The Morgan fingerprint density at radius 3 is 2.71 bits per heavy atom. The van der Waals surface area contributed by atoms with Gasteiger partial charge in [0.2, 0.25) is 0 Å². The van der Waals surface area contributed by atoms with Crippen molar-refractivity contribution in [3.63, 3.8) is 0 Å². The molecule has 1 heterocycles. The van der Waals surface area contributed by atoms with Gasteiger partial charge in [0.15, 0.2) is 5.13 Å². The number of rotatable bonds is 9. The van der Waals surface area contributed by atoms with Gasteiger partial charge in [0, 0.05) is 23.1 Å². The predicted molar refractivity (Wildman–Crippen MR) is 116 cm³/mol. The summed E-state index contributed by atoms with van der Waals surface area (Å²) in [5, 5.41) is 3.50. The summed E-state index contributed by atoms with van der Waals surface area (Å²) in [6.45, 7) is 4.97. The van der Waals surface area contributed by atoms with Crippen LogP contribution < -0.4 is 10.1 Å². The third kappa shape index (κ3) is 5.92. The van der Waals surface area contributed by atoms with E-state index in [1.807, 2.05) is 18.3 Å². The first kappa shape index (κ1) is 20.1. The first-order valence-corrected chi connectivity index (χ1v) is 10.5. The Morgan fingerprint density at radius 2 is 1.96 bits per heavy atom. The number of anilines is 1.